The first-order valence-electron chi connectivity index (χ1n) is 6.43. The molecular weight excluding hydrogens is 258 g/mol. The summed E-state index contributed by atoms with van der Waals surface area (Å²) in [5.74, 6) is -0.631. The summed E-state index contributed by atoms with van der Waals surface area (Å²) in [4.78, 5) is 22.8. The van der Waals surface area contributed by atoms with Gasteiger partial charge in [0.1, 0.15) is 11.9 Å². The number of hydrogen-bond donors (Lipinski definition) is 1. The van der Waals surface area contributed by atoms with E-state index in [1.807, 2.05) is 30.3 Å². The molecule has 0 saturated heterocycles. The Hall–Kier alpha value is -1.72. The minimum atomic E-state index is -1.10. The van der Waals surface area contributed by atoms with Crippen molar-refractivity contribution in [2.24, 2.45) is 5.73 Å². The smallest absolute Gasteiger partial charge is 0.337 e. The molecule has 1 rings (SSSR count). The molecule has 0 aliphatic heterocycles. The number of ether oxygens (including phenoxy) is 2. The summed E-state index contributed by atoms with van der Waals surface area (Å²) in [6.45, 7) is 5.41. The molecular formula is C15H21NO4. The van der Waals surface area contributed by atoms with E-state index < -0.39 is 23.7 Å². The highest BCUT2D eigenvalue weighted by molar-refractivity contribution is 5.81. The van der Waals surface area contributed by atoms with Crippen LogP contribution in [0.3, 0.4) is 0 Å². The van der Waals surface area contributed by atoms with Crippen molar-refractivity contribution in [3.63, 3.8) is 0 Å². The van der Waals surface area contributed by atoms with Crippen LogP contribution in [-0.2, 0) is 25.7 Å². The van der Waals surface area contributed by atoms with Crippen LogP contribution in [0.5, 0.6) is 0 Å². The van der Waals surface area contributed by atoms with Crippen molar-refractivity contribution in [2.45, 2.75) is 45.1 Å². The van der Waals surface area contributed by atoms with Crippen LogP contribution < -0.4 is 5.73 Å². The Morgan fingerprint density at radius 2 is 1.90 bits per heavy atom. The monoisotopic (exact) mass is 279 g/mol. The molecule has 1 aromatic carbocycles. The number of carbonyl (C=O) groups excluding carboxylic acids is 2. The average molecular weight is 279 g/mol. The molecule has 0 aliphatic carbocycles. The summed E-state index contributed by atoms with van der Waals surface area (Å²) in [6.07, 6.45) is -0.619. The van der Waals surface area contributed by atoms with Gasteiger partial charge in [0.25, 0.3) is 0 Å². The maximum atomic E-state index is 12.0. The Kier molecular flexibility index (Phi) is 5.85. The zero-order valence-electron chi connectivity index (χ0n) is 12.0. The van der Waals surface area contributed by atoms with E-state index in [4.69, 9.17) is 15.2 Å². The number of carbonyl (C=O) groups is 2. The van der Waals surface area contributed by atoms with Crippen molar-refractivity contribution in [2.75, 3.05) is 0 Å². The number of aldehydes is 1. The van der Waals surface area contributed by atoms with Crippen molar-refractivity contribution in [3.8, 4) is 0 Å². The van der Waals surface area contributed by atoms with Gasteiger partial charge >= 0.3 is 5.97 Å². The largest absolute Gasteiger partial charge is 0.458 e. The van der Waals surface area contributed by atoms with Gasteiger partial charge in [0.2, 0.25) is 0 Å². The van der Waals surface area contributed by atoms with Gasteiger partial charge in [0, 0.05) is 0 Å². The lowest BCUT2D eigenvalue weighted by Gasteiger charge is -2.25. The SMILES string of the molecule is CC(C)(C)OC(=O)C(OCc1ccccc1)C(N)C=O. The molecule has 0 fully saturated rings. The number of benzene rings is 1. The maximum absolute atomic E-state index is 12.0. The van der Waals surface area contributed by atoms with Crippen LogP contribution >= 0.6 is 0 Å². The third kappa shape index (κ3) is 5.50. The van der Waals surface area contributed by atoms with Crippen molar-refractivity contribution >= 4 is 12.3 Å². The van der Waals surface area contributed by atoms with Gasteiger partial charge in [-0.2, -0.15) is 0 Å². The van der Waals surface area contributed by atoms with E-state index in [-0.39, 0.29) is 6.61 Å². The van der Waals surface area contributed by atoms with E-state index in [2.05, 4.69) is 0 Å². The number of esters is 1. The summed E-state index contributed by atoms with van der Waals surface area (Å²) in [5.41, 5.74) is 5.84. The molecule has 2 unspecified atom stereocenters. The van der Waals surface area contributed by atoms with E-state index in [1.165, 1.54) is 0 Å². The van der Waals surface area contributed by atoms with Crippen molar-refractivity contribution < 1.29 is 19.1 Å². The molecule has 5 heteroatoms. The first-order valence-corrected chi connectivity index (χ1v) is 6.43. The second kappa shape index (κ2) is 7.17. The summed E-state index contributed by atoms with van der Waals surface area (Å²) >= 11 is 0. The second-order valence-corrected chi connectivity index (χ2v) is 5.46. The minimum Gasteiger partial charge on any atom is -0.458 e. The van der Waals surface area contributed by atoms with E-state index in [0.29, 0.717) is 6.29 Å². The fourth-order valence-electron chi connectivity index (χ4n) is 1.53. The Morgan fingerprint density at radius 3 is 2.40 bits per heavy atom. The summed E-state index contributed by atoms with van der Waals surface area (Å²) in [6, 6.07) is 8.28. The summed E-state index contributed by atoms with van der Waals surface area (Å²) in [7, 11) is 0. The van der Waals surface area contributed by atoms with Crippen molar-refractivity contribution in [1.82, 2.24) is 0 Å². The summed E-state index contributed by atoms with van der Waals surface area (Å²) in [5, 5.41) is 0. The topological polar surface area (TPSA) is 78.6 Å². The third-order valence-electron chi connectivity index (χ3n) is 2.42. The molecule has 0 radical (unpaired) electrons. The van der Waals surface area contributed by atoms with Gasteiger partial charge in [-0.25, -0.2) is 4.79 Å². The van der Waals surface area contributed by atoms with Gasteiger partial charge in [0.15, 0.2) is 6.10 Å². The van der Waals surface area contributed by atoms with Gasteiger partial charge in [-0.1, -0.05) is 30.3 Å². The normalized spacial score (nSPS) is 14.4. The van der Waals surface area contributed by atoms with E-state index in [1.54, 1.807) is 20.8 Å². The molecule has 5 nitrogen and oxygen atoms in total. The Labute approximate surface area is 119 Å². The zero-order chi connectivity index (χ0) is 15.2. The highest BCUT2D eigenvalue weighted by atomic mass is 16.6. The fraction of sp³-hybridized carbons (Fsp3) is 0.467. The first-order chi connectivity index (χ1) is 9.33. The van der Waals surface area contributed by atoms with Gasteiger partial charge in [-0.15, -0.1) is 0 Å². The van der Waals surface area contributed by atoms with Crippen LogP contribution in [0.25, 0.3) is 0 Å². The van der Waals surface area contributed by atoms with Gasteiger partial charge in [0.05, 0.1) is 12.6 Å². The van der Waals surface area contributed by atoms with Crippen LogP contribution in [0.4, 0.5) is 0 Å². The van der Waals surface area contributed by atoms with Crippen molar-refractivity contribution in [1.29, 1.82) is 0 Å². The molecule has 1 aromatic rings. The molecule has 2 atom stereocenters. The quantitative estimate of drug-likeness (QED) is 0.629. The maximum Gasteiger partial charge on any atom is 0.337 e. The molecule has 0 aromatic heterocycles. The predicted molar refractivity (Wildman–Crippen MR) is 74.9 cm³/mol. The molecule has 0 spiro atoms. The van der Waals surface area contributed by atoms with E-state index in [9.17, 15) is 9.59 Å². The molecule has 0 amide bonds. The Balaban J connectivity index is 2.70. The van der Waals surface area contributed by atoms with Crippen LogP contribution in [0.2, 0.25) is 0 Å². The van der Waals surface area contributed by atoms with Gasteiger partial charge < -0.3 is 20.0 Å². The molecule has 2 N–H and O–H groups in total. The summed E-state index contributed by atoms with van der Waals surface area (Å²) < 4.78 is 10.7. The molecule has 0 saturated carbocycles. The van der Waals surface area contributed by atoms with Crippen LogP contribution in [0.15, 0.2) is 30.3 Å². The highest BCUT2D eigenvalue weighted by Crippen LogP contribution is 2.12. The van der Waals surface area contributed by atoms with Gasteiger partial charge in [-0.3, -0.25) is 0 Å². The Morgan fingerprint density at radius 1 is 1.30 bits per heavy atom. The van der Waals surface area contributed by atoms with E-state index in [0.717, 1.165) is 5.56 Å². The number of nitrogens with two attached hydrogens (primary N) is 1. The van der Waals surface area contributed by atoms with Crippen molar-refractivity contribution in [3.05, 3.63) is 35.9 Å². The lowest BCUT2D eigenvalue weighted by Crippen LogP contribution is -2.46. The molecule has 110 valence electrons. The average Bonchev–Trinajstić information content (AvgIpc) is 2.37. The second-order valence-electron chi connectivity index (χ2n) is 5.46. The fourth-order valence-corrected chi connectivity index (χ4v) is 1.53. The predicted octanol–water partition coefficient (Wildman–Crippen LogP) is 1.44. The lowest BCUT2D eigenvalue weighted by molar-refractivity contribution is -0.171. The molecule has 0 heterocycles. The molecule has 0 aliphatic rings. The first kappa shape index (κ1) is 16.3. The standard InChI is InChI=1S/C15H21NO4/c1-15(2,3)20-14(18)13(12(16)9-17)19-10-11-7-5-4-6-8-11/h4-9,12-13H,10,16H2,1-3H3. The number of rotatable bonds is 6. The third-order valence-corrected chi connectivity index (χ3v) is 2.42. The lowest BCUT2D eigenvalue weighted by atomic mass is 10.1. The molecule has 20 heavy (non-hydrogen) atoms. The number of hydrogen-bond acceptors (Lipinski definition) is 5. The van der Waals surface area contributed by atoms with Crippen LogP contribution in [0, 0.1) is 0 Å². The zero-order valence-corrected chi connectivity index (χ0v) is 12.0. The Bertz CT molecular complexity index is 439. The highest BCUT2D eigenvalue weighted by Gasteiger charge is 2.31. The van der Waals surface area contributed by atoms with Gasteiger partial charge in [-0.05, 0) is 26.3 Å². The van der Waals surface area contributed by atoms with E-state index >= 15 is 0 Å². The minimum absolute atomic E-state index is 0.187. The van der Waals surface area contributed by atoms with Crippen LogP contribution in [-0.4, -0.2) is 30.0 Å². The molecule has 0 bridgehead atoms. The van der Waals surface area contributed by atoms with Crippen LogP contribution in [0.1, 0.15) is 26.3 Å².